The van der Waals surface area contributed by atoms with Gasteiger partial charge in [-0.15, -0.1) is 0 Å². The maximum absolute atomic E-state index is 12.4. The van der Waals surface area contributed by atoms with Gasteiger partial charge in [-0.3, -0.25) is 9.59 Å². The second-order valence-electron chi connectivity index (χ2n) is 6.12. The van der Waals surface area contributed by atoms with Crippen LogP contribution >= 0.6 is 0 Å². The zero-order valence-electron chi connectivity index (χ0n) is 13.7. The van der Waals surface area contributed by atoms with E-state index in [4.69, 9.17) is 4.52 Å². The lowest BCUT2D eigenvalue weighted by Gasteiger charge is -2.26. The summed E-state index contributed by atoms with van der Waals surface area (Å²) in [5, 5.41) is 8.85. The molecule has 7 heteroatoms. The van der Waals surface area contributed by atoms with Crippen molar-refractivity contribution in [1.29, 1.82) is 0 Å². The highest BCUT2D eigenvalue weighted by Crippen LogP contribution is 2.16. The fourth-order valence-corrected chi connectivity index (χ4v) is 3.18. The van der Waals surface area contributed by atoms with Crippen molar-refractivity contribution in [2.45, 2.75) is 52.5 Å². The lowest BCUT2D eigenvalue weighted by molar-refractivity contribution is -0.132. The Bertz CT molecular complexity index is 771. The van der Waals surface area contributed by atoms with E-state index in [1.165, 1.54) is 11.1 Å². The molecule has 0 N–H and O–H groups in total. The van der Waals surface area contributed by atoms with Crippen LogP contribution in [0.15, 0.2) is 9.32 Å². The van der Waals surface area contributed by atoms with E-state index in [0.29, 0.717) is 36.0 Å². The summed E-state index contributed by atoms with van der Waals surface area (Å²) < 4.78 is 6.48. The van der Waals surface area contributed by atoms with E-state index in [2.05, 4.69) is 10.3 Å². The molecular weight excluding hydrogens is 296 g/mol. The minimum absolute atomic E-state index is 0.174. The lowest BCUT2D eigenvalue weighted by Crippen LogP contribution is -2.35. The van der Waals surface area contributed by atoms with E-state index < -0.39 is 0 Å². The number of fused-ring (bicyclic) bond motifs is 1. The molecule has 2 aromatic heterocycles. The van der Waals surface area contributed by atoms with Crippen molar-refractivity contribution in [3.05, 3.63) is 21.8 Å². The van der Waals surface area contributed by atoms with Crippen LogP contribution in [-0.4, -0.2) is 38.8 Å². The standard InChI is InChI=1S/C16H22N4O3/c1-11-14-12(2)23-18-15(14)16(22)20(17-11)10-6-7-13(21)19-8-4-3-5-9-19/h3-10H2,1-2H3. The Morgan fingerprint density at radius 3 is 2.70 bits per heavy atom. The van der Waals surface area contributed by atoms with Gasteiger partial charge in [0.1, 0.15) is 5.76 Å². The van der Waals surface area contributed by atoms with Gasteiger partial charge >= 0.3 is 0 Å². The Balaban J connectivity index is 1.66. The molecule has 0 aromatic carbocycles. The molecule has 1 aliphatic rings. The number of hydrogen-bond donors (Lipinski definition) is 0. The number of piperidine rings is 1. The predicted octanol–water partition coefficient (Wildman–Crippen LogP) is 1.79. The number of carbonyl (C=O) groups is 1. The lowest BCUT2D eigenvalue weighted by atomic mass is 10.1. The van der Waals surface area contributed by atoms with Crippen LogP contribution < -0.4 is 5.56 Å². The maximum Gasteiger partial charge on any atom is 0.296 e. The molecule has 0 atom stereocenters. The first-order valence-corrected chi connectivity index (χ1v) is 8.19. The molecule has 0 saturated carbocycles. The van der Waals surface area contributed by atoms with Crippen LogP contribution in [0, 0.1) is 13.8 Å². The summed E-state index contributed by atoms with van der Waals surface area (Å²) in [6, 6.07) is 0. The molecular formula is C16H22N4O3. The van der Waals surface area contributed by atoms with E-state index >= 15 is 0 Å². The van der Waals surface area contributed by atoms with Gasteiger partial charge in [0.05, 0.1) is 11.1 Å². The Kier molecular flexibility index (Phi) is 4.45. The monoisotopic (exact) mass is 318 g/mol. The summed E-state index contributed by atoms with van der Waals surface area (Å²) in [6.07, 6.45) is 4.44. The van der Waals surface area contributed by atoms with Crippen molar-refractivity contribution in [1.82, 2.24) is 19.8 Å². The van der Waals surface area contributed by atoms with E-state index in [9.17, 15) is 9.59 Å². The van der Waals surface area contributed by atoms with Crippen LogP contribution in [0.4, 0.5) is 0 Å². The van der Waals surface area contributed by atoms with Crippen molar-refractivity contribution in [2.75, 3.05) is 13.1 Å². The van der Waals surface area contributed by atoms with Gasteiger partial charge in [-0.05, 0) is 39.5 Å². The molecule has 7 nitrogen and oxygen atoms in total. The van der Waals surface area contributed by atoms with Gasteiger partial charge in [-0.2, -0.15) is 5.10 Å². The highest BCUT2D eigenvalue weighted by molar-refractivity contribution is 5.81. The third kappa shape index (κ3) is 3.13. The first-order chi connectivity index (χ1) is 11.1. The fourth-order valence-electron chi connectivity index (χ4n) is 3.18. The summed E-state index contributed by atoms with van der Waals surface area (Å²) in [5.74, 6) is 0.780. The SMILES string of the molecule is Cc1nn(CCCC(=O)N2CCCCC2)c(=O)c2noc(C)c12. The number of amides is 1. The summed E-state index contributed by atoms with van der Waals surface area (Å²) in [4.78, 5) is 26.4. The first-order valence-electron chi connectivity index (χ1n) is 8.19. The van der Waals surface area contributed by atoms with E-state index in [1.54, 1.807) is 6.92 Å². The second kappa shape index (κ2) is 6.52. The van der Waals surface area contributed by atoms with Gasteiger partial charge < -0.3 is 9.42 Å². The molecule has 0 aliphatic carbocycles. The Morgan fingerprint density at radius 1 is 1.22 bits per heavy atom. The number of likely N-dealkylation sites (tertiary alicyclic amines) is 1. The number of nitrogens with zero attached hydrogens (tertiary/aromatic N) is 4. The van der Waals surface area contributed by atoms with Gasteiger partial charge in [0, 0.05) is 26.1 Å². The van der Waals surface area contributed by atoms with E-state index in [-0.39, 0.29) is 11.5 Å². The average molecular weight is 318 g/mol. The number of carbonyl (C=O) groups excluding carboxylic acids is 1. The van der Waals surface area contributed by atoms with Gasteiger partial charge in [-0.25, -0.2) is 4.68 Å². The fraction of sp³-hybridized carbons (Fsp3) is 0.625. The van der Waals surface area contributed by atoms with Crippen LogP contribution in [0.2, 0.25) is 0 Å². The Hall–Kier alpha value is -2.18. The van der Waals surface area contributed by atoms with Gasteiger partial charge in [0.15, 0.2) is 5.52 Å². The number of rotatable bonds is 4. The van der Waals surface area contributed by atoms with Crippen molar-refractivity contribution in [3.63, 3.8) is 0 Å². The summed E-state index contributed by atoms with van der Waals surface area (Å²) in [6.45, 7) is 5.74. The minimum Gasteiger partial charge on any atom is -0.360 e. The molecule has 3 rings (SSSR count). The molecule has 3 heterocycles. The van der Waals surface area contributed by atoms with Crippen LogP contribution in [0.1, 0.15) is 43.6 Å². The maximum atomic E-state index is 12.4. The normalized spacial score (nSPS) is 15.3. The van der Waals surface area contributed by atoms with E-state index in [1.807, 2.05) is 11.8 Å². The molecule has 1 aliphatic heterocycles. The summed E-state index contributed by atoms with van der Waals surface area (Å²) >= 11 is 0. The molecule has 0 bridgehead atoms. The average Bonchev–Trinajstić information content (AvgIpc) is 2.95. The summed E-state index contributed by atoms with van der Waals surface area (Å²) in [7, 11) is 0. The second-order valence-corrected chi connectivity index (χ2v) is 6.12. The highest BCUT2D eigenvalue weighted by atomic mass is 16.5. The topological polar surface area (TPSA) is 81.2 Å². The molecule has 2 aromatic rings. The zero-order valence-corrected chi connectivity index (χ0v) is 13.7. The van der Waals surface area contributed by atoms with Crippen molar-refractivity contribution in [3.8, 4) is 0 Å². The number of aryl methyl sites for hydroxylation is 3. The van der Waals surface area contributed by atoms with Crippen LogP contribution in [0.3, 0.4) is 0 Å². The first kappa shape index (κ1) is 15.7. The Morgan fingerprint density at radius 2 is 1.96 bits per heavy atom. The van der Waals surface area contributed by atoms with Gasteiger partial charge in [0.2, 0.25) is 5.91 Å². The molecule has 1 fully saturated rings. The number of aromatic nitrogens is 3. The quantitative estimate of drug-likeness (QED) is 0.858. The van der Waals surface area contributed by atoms with Crippen LogP contribution in [0.25, 0.3) is 10.9 Å². The predicted molar refractivity (Wildman–Crippen MR) is 85.2 cm³/mol. The molecule has 0 spiro atoms. The minimum atomic E-state index is -0.257. The molecule has 1 saturated heterocycles. The van der Waals surface area contributed by atoms with E-state index in [0.717, 1.165) is 31.6 Å². The molecule has 0 unspecified atom stereocenters. The zero-order chi connectivity index (χ0) is 16.4. The van der Waals surface area contributed by atoms with Gasteiger partial charge in [-0.1, -0.05) is 5.16 Å². The largest absolute Gasteiger partial charge is 0.360 e. The van der Waals surface area contributed by atoms with Crippen molar-refractivity contribution < 1.29 is 9.32 Å². The molecule has 23 heavy (non-hydrogen) atoms. The van der Waals surface area contributed by atoms with Crippen LogP contribution in [0.5, 0.6) is 0 Å². The number of hydrogen-bond acceptors (Lipinski definition) is 5. The third-order valence-electron chi connectivity index (χ3n) is 4.40. The van der Waals surface area contributed by atoms with Crippen molar-refractivity contribution >= 4 is 16.8 Å². The molecule has 1 amide bonds. The Labute approximate surface area is 134 Å². The van der Waals surface area contributed by atoms with Crippen LogP contribution in [-0.2, 0) is 11.3 Å². The van der Waals surface area contributed by atoms with Crippen molar-refractivity contribution in [2.24, 2.45) is 0 Å². The molecule has 124 valence electrons. The third-order valence-corrected chi connectivity index (χ3v) is 4.40. The molecule has 0 radical (unpaired) electrons. The van der Waals surface area contributed by atoms with Gasteiger partial charge in [0.25, 0.3) is 5.56 Å². The summed E-state index contributed by atoms with van der Waals surface area (Å²) in [5.41, 5.74) is 0.783. The highest BCUT2D eigenvalue weighted by Gasteiger charge is 2.17. The smallest absolute Gasteiger partial charge is 0.296 e.